The van der Waals surface area contributed by atoms with E-state index in [0.717, 1.165) is 49.4 Å². The summed E-state index contributed by atoms with van der Waals surface area (Å²) in [5, 5.41) is 7.82. The molecule has 2 aromatic rings. The van der Waals surface area contributed by atoms with E-state index in [9.17, 15) is 4.79 Å². The lowest BCUT2D eigenvalue weighted by Gasteiger charge is -2.35. The first-order valence-corrected chi connectivity index (χ1v) is 12.2. The molecule has 0 spiro atoms. The molecule has 0 saturated carbocycles. The van der Waals surface area contributed by atoms with Crippen LogP contribution in [0, 0.1) is 5.92 Å². The molecule has 2 N–H and O–H groups in total. The molecule has 2 atom stereocenters. The quantitative estimate of drug-likeness (QED) is 0.580. The van der Waals surface area contributed by atoms with Crippen LogP contribution in [0.4, 0.5) is 5.69 Å². The minimum atomic E-state index is -0.439. The van der Waals surface area contributed by atoms with E-state index in [1.54, 1.807) is 6.20 Å². The number of nitrogens with one attached hydrogen (secondary N) is 2. The first-order chi connectivity index (χ1) is 15.8. The second-order valence-corrected chi connectivity index (χ2v) is 10.2. The lowest BCUT2D eigenvalue weighted by atomic mass is 9.88. The summed E-state index contributed by atoms with van der Waals surface area (Å²) in [4.78, 5) is 17.0. The molecule has 0 radical (unpaired) electrons. The summed E-state index contributed by atoms with van der Waals surface area (Å²) in [6.07, 6.45) is 3.40. The Morgan fingerprint density at radius 2 is 2.03 bits per heavy atom. The molecule has 2 saturated heterocycles. The summed E-state index contributed by atoms with van der Waals surface area (Å²) in [5.41, 5.74) is 3.12. The molecule has 178 valence electrons. The molecule has 3 heterocycles. The Labute approximate surface area is 205 Å². The Hall–Kier alpha value is -1.70. The molecule has 4 rings (SSSR count). The highest BCUT2D eigenvalue weighted by atomic mass is 35.5. The third-order valence-electron chi connectivity index (χ3n) is 6.20. The van der Waals surface area contributed by atoms with Gasteiger partial charge in [-0.05, 0) is 56.9 Å². The first-order valence-electron chi connectivity index (χ1n) is 11.5. The second kappa shape index (κ2) is 10.7. The molecular weight excluding hydrogens is 461 g/mol. The van der Waals surface area contributed by atoms with Crippen molar-refractivity contribution < 1.29 is 14.3 Å². The normalized spacial score (nSPS) is 22.7. The summed E-state index contributed by atoms with van der Waals surface area (Å²) in [5.74, 6) is 0.551. The predicted octanol–water partition coefficient (Wildman–Crippen LogP) is 4.77. The summed E-state index contributed by atoms with van der Waals surface area (Å²) < 4.78 is 11.4. The van der Waals surface area contributed by atoms with Gasteiger partial charge in [0.25, 0.3) is 0 Å². The minimum absolute atomic E-state index is 0.00359. The predicted molar refractivity (Wildman–Crippen MR) is 132 cm³/mol. The number of halogens is 2. The van der Waals surface area contributed by atoms with Crippen molar-refractivity contribution in [1.29, 1.82) is 0 Å². The second-order valence-electron chi connectivity index (χ2n) is 9.40. The SMILES string of the molecule is CC1(C)C[C@H](CNc2ccc(Cl)c(-c3cc(CC(=O)[C@H]4CNCCO4)ncc3Cl)c2)CCO1. The van der Waals surface area contributed by atoms with Crippen LogP contribution in [-0.2, 0) is 20.7 Å². The van der Waals surface area contributed by atoms with Gasteiger partial charge in [0.2, 0.25) is 0 Å². The van der Waals surface area contributed by atoms with Crippen LogP contribution >= 0.6 is 23.2 Å². The van der Waals surface area contributed by atoms with Gasteiger partial charge in [0.05, 0.1) is 23.7 Å². The Kier molecular flexibility index (Phi) is 7.92. The molecule has 1 aromatic carbocycles. The topological polar surface area (TPSA) is 72.5 Å². The van der Waals surface area contributed by atoms with Gasteiger partial charge in [-0.1, -0.05) is 23.2 Å². The number of ketones is 1. The highest BCUT2D eigenvalue weighted by molar-refractivity contribution is 6.36. The zero-order chi connectivity index (χ0) is 23.4. The zero-order valence-corrected chi connectivity index (χ0v) is 20.6. The van der Waals surface area contributed by atoms with Crippen LogP contribution in [0.1, 0.15) is 32.4 Å². The van der Waals surface area contributed by atoms with Crippen LogP contribution in [0.3, 0.4) is 0 Å². The lowest BCUT2D eigenvalue weighted by molar-refractivity contribution is -0.131. The largest absolute Gasteiger partial charge is 0.385 e. The number of anilines is 1. The molecule has 2 aliphatic rings. The highest BCUT2D eigenvalue weighted by Gasteiger charge is 2.28. The van der Waals surface area contributed by atoms with Crippen molar-refractivity contribution in [2.75, 3.05) is 38.2 Å². The number of carbonyl (C=O) groups is 1. The van der Waals surface area contributed by atoms with Gasteiger partial charge in [-0.3, -0.25) is 9.78 Å². The third kappa shape index (κ3) is 6.46. The number of aromatic nitrogens is 1. The fourth-order valence-electron chi connectivity index (χ4n) is 4.49. The monoisotopic (exact) mass is 491 g/mol. The first kappa shape index (κ1) is 24.4. The summed E-state index contributed by atoms with van der Waals surface area (Å²) in [6.45, 7) is 7.78. The van der Waals surface area contributed by atoms with Crippen molar-refractivity contribution in [1.82, 2.24) is 10.3 Å². The van der Waals surface area contributed by atoms with E-state index >= 15 is 0 Å². The van der Waals surface area contributed by atoms with Gasteiger partial charge >= 0.3 is 0 Å². The van der Waals surface area contributed by atoms with Gasteiger partial charge in [-0.25, -0.2) is 0 Å². The smallest absolute Gasteiger partial charge is 0.168 e. The molecule has 2 aliphatic heterocycles. The number of hydrogen-bond acceptors (Lipinski definition) is 6. The number of hydrogen-bond donors (Lipinski definition) is 2. The number of rotatable bonds is 7. The molecule has 8 heteroatoms. The third-order valence-corrected chi connectivity index (χ3v) is 6.84. The number of nitrogens with zero attached hydrogens (tertiary/aromatic N) is 1. The molecule has 33 heavy (non-hydrogen) atoms. The molecule has 0 aliphatic carbocycles. The maximum Gasteiger partial charge on any atom is 0.168 e. The van der Waals surface area contributed by atoms with Crippen LogP contribution in [-0.4, -0.2) is 55.3 Å². The van der Waals surface area contributed by atoms with Crippen molar-refractivity contribution in [3.8, 4) is 11.1 Å². The van der Waals surface area contributed by atoms with E-state index < -0.39 is 6.10 Å². The maximum atomic E-state index is 12.6. The van der Waals surface area contributed by atoms with Gasteiger partial charge < -0.3 is 20.1 Å². The van der Waals surface area contributed by atoms with Gasteiger partial charge in [-0.15, -0.1) is 0 Å². The van der Waals surface area contributed by atoms with E-state index in [1.807, 2.05) is 24.3 Å². The van der Waals surface area contributed by atoms with Crippen molar-refractivity contribution in [2.45, 2.75) is 44.8 Å². The van der Waals surface area contributed by atoms with Crippen molar-refractivity contribution in [3.05, 3.63) is 46.2 Å². The number of pyridine rings is 1. The lowest BCUT2D eigenvalue weighted by Crippen LogP contribution is -2.43. The van der Waals surface area contributed by atoms with E-state index in [4.69, 9.17) is 32.7 Å². The molecule has 2 fully saturated rings. The number of carbonyl (C=O) groups excluding carboxylic acids is 1. The van der Waals surface area contributed by atoms with Gasteiger partial charge in [0, 0.05) is 60.0 Å². The van der Waals surface area contributed by atoms with Gasteiger partial charge in [-0.2, -0.15) is 0 Å². The van der Waals surface area contributed by atoms with E-state index in [-0.39, 0.29) is 17.8 Å². The van der Waals surface area contributed by atoms with Gasteiger partial charge in [0.1, 0.15) is 6.10 Å². The highest BCUT2D eigenvalue weighted by Crippen LogP contribution is 2.36. The van der Waals surface area contributed by atoms with Crippen LogP contribution in [0.15, 0.2) is 30.5 Å². The average Bonchev–Trinajstić information content (AvgIpc) is 2.80. The molecule has 6 nitrogen and oxygen atoms in total. The molecular formula is C25H31Cl2N3O3. The number of ether oxygens (including phenoxy) is 2. The van der Waals surface area contributed by atoms with E-state index in [2.05, 4.69) is 29.5 Å². The summed E-state index contributed by atoms with van der Waals surface area (Å²) in [6, 6.07) is 7.70. The molecule has 0 bridgehead atoms. The van der Waals surface area contributed by atoms with Crippen molar-refractivity contribution >= 4 is 34.7 Å². The van der Waals surface area contributed by atoms with E-state index in [1.165, 1.54) is 0 Å². The number of benzene rings is 1. The maximum absolute atomic E-state index is 12.6. The Balaban J connectivity index is 1.48. The van der Waals surface area contributed by atoms with Crippen molar-refractivity contribution in [3.63, 3.8) is 0 Å². The van der Waals surface area contributed by atoms with Crippen LogP contribution < -0.4 is 10.6 Å². The van der Waals surface area contributed by atoms with Crippen LogP contribution in [0.2, 0.25) is 10.0 Å². The van der Waals surface area contributed by atoms with Gasteiger partial charge in [0.15, 0.2) is 5.78 Å². The van der Waals surface area contributed by atoms with Crippen LogP contribution in [0.25, 0.3) is 11.1 Å². The summed E-state index contributed by atoms with van der Waals surface area (Å²) >= 11 is 13.0. The van der Waals surface area contributed by atoms with Crippen molar-refractivity contribution in [2.24, 2.45) is 5.92 Å². The van der Waals surface area contributed by atoms with Crippen LogP contribution in [0.5, 0.6) is 0 Å². The Morgan fingerprint density at radius 3 is 2.79 bits per heavy atom. The minimum Gasteiger partial charge on any atom is -0.385 e. The number of morpholine rings is 1. The van der Waals surface area contributed by atoms with E-state index in [0.29, 0.717) is 34.8 Å². The Bertz CT molecular complexity index is 993. The molecule has 0 unspecified atom stereocenters. The standard InChI is InChI=1S/C25H31Cl2N3O3/c1-25(2)12-16(5-7-33-25)13-29-17-3-4-21(26)19(9-17)20-10-18(30-14-22(20)27)11-23(31)24-15-28-6-8-32-24/h3-4,9-10,14,16,24,28-29H,5-8,11-13,15H2,1-2H3/t16-,24-/m1/s1. The average molecular weight is 492 g/mol. The molecule has 1 aromatic heterocycles. The fraction of sp³-hybridized carbons (Fsp3) is 0.520. The zero-order valence-electron chi connectivity index (χ0n) is 19.1. The number of Topliss-reactive ketones (excluding diaryl/α,β-unsaturated/α-hetero) is 1. The summed E-state index contributed by atoms with van der Waals surface area (Å²) in [7, 11) is 0. The Morgan fingerprint density at radius 1 is 1.21 bits per heavy atom. The molecule has 0 amide bonds. The fourth-order valence-corrected chi connectivity index (χ4v) is 4.91.